The highest BCUT2D eigenvalue weighted by atomic mass is 16.6. The Morgan fingerprint density at radius 2 is 1.85 bits per heavy atom. The zero-order valence-electron chi connectivity index (χ0n) is 18.6. The molecule has 0 unspecified atom stereocenters. The minimum absolute atomic E-state index is 0.0592. The maximum atomic E-state index is 13.2. The summed E-state index contributed by atoms with van der Waals surface area (Å²) in [6, 6.07) is 15.7. The molecule has 1 amide bonds. The minimum Gasteiger partial charge on any atom is -0.344 e. The van der Waals surface area contributed by atoms with E-state index in [4.69, 9.17) is 0 Å². The van der Waals surface area contributed by atoms with Gasteiger partial charge in [-0.1, -0.05) is 50.2 Å². The fourth-order valence-corrected chi connectivity index (χ4v) is 3.60. The normalized spacial score (nSPS) is 12.9. The van der Waals surface area contributed by atoms with E-state index in [0.29, 0.717) is 17.2 Å². The lowest BCUT2D eigenvalue weighted by molar-refractivity contribution is -0.384. The summed E-state index contributed by atoms with van der Waals surface area (Å²) in [6.07, 6.45) is 2.38. The summed E-state index contributed by atoms with van der Waals surface area (Å²) in [4.78, 5) is 32.4. The van der Waals surface area contributed by atoms with Gasteiger partial charge < -0.3 is 5.32 Å². The molecular weight excluding hydrogens is 420 g/mol. The predicted octanol–water partition coefficient (Wildman–Crippen LogP) is 4.70. The first-order valence-corrected chi connectivity index (χ1v) is 10.7. The number of hydrogen-bond donors (Lipinski definition) is 1. The van der Waals surface area contributed by atoms with Gasteiger partial charge in [-0.05, 0) is 36.5 Å². The number of nitro groups is 1. The molecule has 2 atom stereocenters. The van der Waals surface area contributed by atoms with Crippen LogP contribution in [0.15, 0.2) is 60.9 Å². The predicted molar refractivity (Wildman–Crippen MR) is 124 cm³/mol. The number of fused-ring (bicyclic) bond motifs is 1. The molecule has 2 aromatic carbocycles. The van der Waals surface area contributed by atoms with Gasteiger partial charge in [0.05, 0.1) is 16.7 Å². The van der Waals surface area contributed by atoms with Crippen molar-refractivity contribution in [2.75, 3.05) is 0 Å². The van der Waals surface area contributed by atoms with E-state index < -0.39 is 4.92 Å². The third kappa shape index (κ3) is 4.57. The van der Waals surface area contributed by atoms with Crippen LogP contribution >= 0.6 is 0 Å². The molecular formula is C24H24N6O3. The Morgan fingerprint density at radius 1 is 1.12 bits per heavy atom. The van der Waals surface area contributed by atoms with Gasteiger partial charge in [0.25, 0.3) is 17.4 Å². The molecule has 0 aliphatic rings. The number of carbonyl (C=O) groups is 1. The van der Waals surface area contributed by atoms with Crippen LogP contribution in [-0.2, 0) is 0 Å². The molecule has 0 aliphatic heterocycles. The van der Waals surface area contributed by atoms with E-state index in [1.54, 1.807) is 18.2 Å². The fourth-order valence-electron chi connectivity index (χ4n) is 3.60. The van der Waals surface area contributed by atoms with Crippen molar-refractivity contribution in [2.24, 2.45) is 0 Å². The smallest absolute Gasteiger partial charge is 0.270 e. The Kier molecular flexibility index (Phi) is 6.12. The maximum Gasteiger partial charge on any atom is 0.270 e. The molecule has 168 valence electrons. The molecule has 0 spiro atoms. The molecule has 2 heterocycles. The number of amides is 1. The highest BCUT2D eigenvalue weighted by molar-refractivity contribution is 5.94. The molecule has 9 nitrogen and oxygen atoms in total. The van der Waals surface area contributed by atoms with Gasteiger partial charge >= 0.3 is 0 Å². The molecule has 0 saturated heterocycles. The molecule has 0 radical (unpaired) electrons. The Balaban J connectivity index is 1.63. The quantitative estimate of drug-likeness (QED) is 0.326. The van der Waals surface area contributed by atoms with Crippen molar-refractivity contribution in [2.45, 2.75) is 39.2 Å². The zero-order valence-corrected chi connectivity index (χ0v) is 18.6. The van der Waals surface area contributed by atoms with E-state index in [1.807, 2.05) is 19.1 Å². The summed E-state index contributed by atoms with van der Waals surface area (Å²) in [5.74, 6) is 0.362. The number of carbonyl (C=O) groups excluding carboxylic acids is 1. The van der Waals surface area contributed by atoms with Crippen molar-refractivity contribution < 1.29 is 9.72 Å². The van der Waals surface area contributed by atoms with Gasteiger partial charge in [-0.3, -0.25) is 14.9 Å². The second kappa shape index (κ2) is 9.15. The number of hydrogen-bond acceptors (Lipinski definition) is 6. The maximum absolute atomic E-state index is 13.2. The van der Waals surface area contributed by atoms with Crippen LogP contribution in [0.4, 0.5) is 5.69 Å². The Bertz CT molecular complexity index is 1320. The number of aromatic nitrogens is 4. The first kappa shape index (κ1) is 22.1. The van der Waals surface area contributed by atoms with Crippen LogP contribution < -0.4 is 5.32 Å². The molecule has 4 aromatic rings. The molecule has 0 aliphatic carbocycles. The van der Waals surface area contributed by atoms with E-state index in [9.17, 15) is 14.9 Å². The van der Waals surface area contributed by atoms with Crippen LogP contribution in [0.5, 0.6) is 0 Å². The van der Waals surface area contributed by atoms with Crippen molar-refractivity contribution in [3.63, 3.8) is 0 Å². The zero-order chi connectivity index (χ0) is 23.5. The Hall–Kier alpha value is -4.14. The summed E-state index contributed by atoms with van der Waals surface area (Å²) in [6.45, 7) is 6.26. The monoisotopic (exact) mass is 444 g/mol. The molecule has 0 bridgehead atoms. The van der Waals surface area contributed by atoms with Crippen molar-refractivity contribution in [1.29, 1.82) is 0 Å². The number of benzene rings is 2. The number of nitrogens with zero attached hydrogens (tertiary/aromatic N) is 5. The van der Waals surface area contributed by atoms with Crippen LogP contribution in [0.1, 0.15) is 60.8 Å². The van der Waals surface area contributed by atoms with Gasteiger partial charge in [0.15, 0.2) is 0 Å². The molecule has 0 saturated carbocycles. The number of nitrogens with one attached hydrogen (secondary N) is 1. The van der Waals surface area contributed by atoms with Gasteiger partial charge in [0.2, 0.25) is 0 Å². The summed E-state index contributed by atoms with van der Waals surface area (Å²) in [5, 5.41) is 18.3. The number of non-ortho nitro benzene ring substituents is 1. The SMILES string of the molecule is CC[C@@H](C)c1ccc([C@@H](C)NC(=O)c2cc(-c3cccc([N+](=O)[O-])c3)nc3ncnn23)cc1. The largest absolute Gasteiger partial charge is 0.344 e. The van der Waals surface area contributed by atoms with Crippen LogP contribution in [0.25, 0.3) is 17.0 Å². The lowest BCUT2D eigenvalue weighted by atomic mass is 9.96. The van der Waals surface area contributed by atoms with Crippen LogP contribution in [-0.4, -0.2) is 30.4 Å². The average molecular weight is 444 g/mol. The van der Waals surface area contributed by atoms with Crippen LogP contribution in [0.2, 0.25) is 0 Å². The Labute approximate surface area is 190 Å². The summed E-state index contributed by atoms with van der Waals surface area (Å²) in [5.41, 5.74) is 3.34. The average Bonchev–Trinajstić information content (AvgIpc) is 3.31. The van der Waals surface area contributed by atoms with Gasteiger partial charge in [-0.15, -0.1) is 0 Å². The molecule has 33 heavy (non-hydrogen) atoms. The van der Waals surface area contributed by atoms with E-state index in [1.165, 1.54) is 28.5 Å². The van der Waals surface area contributed by atoms with Crippen molar-refractivity contribution in [3.8, 4) is 11.3 Å². The van der Waals surface area contributed by atoms with E-state index in [2.05, 4.69) is 46.4 Å². The summed E-state index contributed by atoms with van der Waals surface area (Å²) in [7, 11) is 0. The highest BCUT2D eigenvalue weighted by Gasteiger charge is 2.19. The van der Waals surface area contributed by atoms with Crippen LogP contribution in [0, 0.1) is 10.1 Å². The fraction of sp³-hybridized carbons (Fsp3) is 0.250. The lowest BCUT2D eigenvalue weighted by Gasteiger charge is -2.16. The summed E-state index contributed by atoms with van der Waals surface area (Å²) < 4.78 is 1.36. The molecule has 9 heteroatoms. The van der Waals surface area contributed by atoms with Gasteiger partial charge in [-0.2, -0.15) is 14.6 Å². The van der Waals surface area contributed by atoms with Gasteiger partial charge in [-0.25, -0.2) is 4.98 Å². The third-order valence-corrected chi connectivity index (χ3v) is 5.80. The van der Waals surface area contributed by atoms with Crippen LogP contribution in [0.3, 0.4) is 0 Å². The third-order valence-electron chi connectivity index (χ3n) is 5.80. The van der Waals surface area contributed by atoms with E-state index >= 15 is 0 Å². The van der Waals surface area contributed by atoms with Crippen molar-refractivity contribution >= 4 is 17.4 Å². The van der Waals surface area contributed by atoms with Gasteiger partial charge in [0.1, 0.15) is 12.0 Å². The first-order valence-electron chi connectivity index (χ1n) is 10.7. The first-order chi connectivity index (χ1) is 15.9. The lowest BCUT2D eigenvalue weighted by Crippen LogP contribution is -2.28. The second-order valence-electron chi connectivity index (χ2n) is 7.98. The highest BCUT2D eigenvalue weighted by Crippen LogP contribution is 2.25. The molecule has 2 aromatic heterocycles. The van der Waals surface area contributed by atoms with Crippen molar-refractivity contribution in [1.82, 2.24) is 24.9 Å². The molecule has 1 N–H and O–H groups in total. The number of rotatable bonds is 7. The van der Waals surface area contributed by atoms with E-state index in [0.717, 1.165) is 12.0 Å². The Morgan fingerprint density at radius 3 is 2.55 bits per heavy atom. The van der Waals surface area contributed by atoms with E-state index in [-0.39, 0.29) is 29.1 Å². The second-order valence-corrected chi connectivity index (χ2v) is 7.98. The number of nitro benzene ring substituents is 1. The standard InChI is InChI=1S/C24H24N6O3/c1-4-15(2)17-8-10-18(11-9-17)16(3)27-23(31)22-13-21(28-24-25-14-26-29(22)24)19-6-5-7-20(12-19)30(32)33/h5-16H,4H2,1-3H3,(H,27,31)/t15-,16-/m1/s1. The van der Waals surface area contributed by atoms with Gasteiger partial charge in [0, 0.05) is 17.7 Å². The van der Waals surface area contributed by atoms with Crippen molar-refractivity contribution in [3.05, 3.63) is 87.9 Å². The molecule has 4 rings (SSSR count). The summed E-state index contributed by atoms with van der Waals surface area (Å²) >= 11 is 0. The minimum atomic E-state index is -0.471. The topological polar surface area (TPSA) is 115 Å². The molecule has 0 fully saturated rings.